The van der Waals surface area contributed by atoms with E-state index in [0.717, 1.165) is 28.3 Å². The minimum Gasteiger partial charge on any atom is -0.494 e. The number of carbonyl (C=O) groups is 1. The van der Waals surface area contributed by atoms with Crippen molar-refractivity contribution in [2.45, 2.75) is 20.5 Å². The molecule has 1 fully saturated rings. The standard InChI is InChI=1S/C26H23NO3S2/c1-3-29-22-14-10-21(11-15-22)27-25(28)24(32-26(27)31)16-19-8-12-23(13-9-19)30-17-20-6-4-18(2)5-7-20/h4-16H,3,17H2,1-2H3/b24-16-. The highest BCUT2D eigenvalue weighted by molar-refractivity contribution is 8.27. The number of nitrogens with zero attached hydrogens (tertiary/aromatic N) is 1. The van der Waals surface area contributed by atoms with E-state index in [1.807, 2.05) is 61.5 Å². The summed E-state index contributed by atoms with van der Waals surface area (Å²) in [7, 11) is 0. The average Bonchev–Trinajstić information content (AvgIpc) is 3.08. The summed E-state index contributed by atoms with van der Waals surface area (Å²) in [5, 5.41) is 0. The predicted octanol–water partition coefficient (Wildman–Crippen LogP) is 6.38. The lowest BCUT2D eigenvalue weighted by atomic mass is 10.1. The summed E-state index contributed by atoms with van der Waals surface area (Å²) in [4.78, 5) is 15.1. The number of anilines is 1. The minimum atomic E-state index is -0.121. The van der Waals surface area contributed by atoms with Crippen molar-refractivity contribution in [2.24, 2.45) is 0 Å². The second-order valence-corrected chi connectivity index (χ2v) is 8.96. The van der Waals surface area contributed by atoms with Gasteiger partial charge < -0.3 is 9.47 Å². The average molecular weight is 462 g/mol. The fraction of sp³-hybridized carbons (Fsp3) is 0.154. The first kappa shape index (κ1) is 22.1. The normalized spacial score (nSPS) is 14.8. The topological polar surface area (TPSA) is 38.8 Å². The van der Waals surface area contributed by atoms with Crippen molar-refractivity contribution in [3.63, 3.8) is 0 Å². The second-order valence-electron chi connectivity index (χ2n) is 7.29. The first-order chi connectivity index (χ1) is 15.5. The fourth-order valence-corrected chi connectivity index (χ4v) is 4.51. The summed E-state index contributed by atoms with van der Waals surface area (Å²) in [5.74, 6) is 1.43. The highest BCUT2D eigenvalue weighted by Crippen LogP contribution is 2.36. The first-order valence-corrected chi connectivity index (χ1v) is 11.5. The molecule has 0 unspecified atom stereocenters. The molecule has 0 spiro atoms. The van der Waals surface area contributed by atoms with Crippen LogP contribution in [0.4, 0.5) is 5.69 Å². The van der Waals surface area contributed by atoms with Gasteiger partial charge in [0.1, 0.15) is 18.1 Å². The molecule has 4 rings (SSSR count). The number of aryl methyl sites for hydroxylation is 1. The van der Waals surface area contributed by atoms with E-state index in [2.05, 4.69) is 31.2 Å². The van der Waals surface area contributed by atoms with Gasteiger partial charge in [-0.15, -0.1) is 0 Å². The predicted molar refractivity (Wildman–Crippen MR) is 135 cm³/mol. The van der Waals surface area contributed by atoms with Crippen LogP contribution in [0.15, 0.2) is 77.7 Å². The molecule has 3 aromatic rings. The van der Waals surface area contributed by atoms with Crippen molar-refractivity contribution in [3.05, 3.63) is 94.4 Å². The number of amides is 1. The Bertz CT molecular complexity index is 1140. The molecule has 1 amide bonds. The molecule has 0 atom stereocenters. The van der Waals surface area contributed by atoms with Gasteiger partial charge in [0.15, 0.2) is 4.32 Å². The van der Waals surface area contributed by atoms with Gasteiger partial charge in [0, 0.05) is 0 Å². The number of rotatable bonds is 7. The van der Waals surface area contributed by atoms with Gasteiger partial charge in [0.2, 0.25) is 0 Å². The smallest absolute Gasteiger partial charge is 0.270 e. The van der Waals surface area contributed by atoms with Crippen molar-refractivity contribution in [2.75, 3.05) is 11.5 Å². The van der Waals surface area contributed by atoms with E-state index in [0.29, 0.717) is 22.4 Å². The van der Waals surface area contributed by atoms with E-state index in [1.54, 1.807) is 4.90 Å². The summed E-state index contributed by atoms with van der Waals surface area (Å²) >= 11 is 6.77. The number of hydrogen-bond donors (Lipinski definition) is 0. The van der Waals surface area contributed by atoms with Crippen LogP contribution in [0.3, 0.4) is 0 Å². The van der Waals surface area contributed by atoms with Crippen LogP contribution in [0.5, 0.6) is 11.5 Å². The largest absolute Gasteiger partial charge is 0.494 e. The van der Waals surface area contributed by atoms with Gasteiger partial charge in [-0.05, 0) is 67.4 Å². The lowest BCUT2D eigenvalue weighted by Gasteiger charge is -2.15. The van der Waals surface area contributed by atoms with E-state index in [-0.39, 0.29) is 5.91 Å². The Morgan fingerprint density at radius 3 is 2.19 bits per heavy atom. The van der Waals surface area contributed by atoms with Gasteiger partial charge >= 0.3 is 0 Å². The maximum Gasteiger partial charge on any atom is 0.270 e. The Balaban J connectivity index is 1.42. The molecule has 3 aromatic carbocycles. The van der Waals surface area contributed by atoms with E-state index in [9.17, 15) is 4.79 Å². The molecule has 0 radical (unpaired) electrons. The van der Waals surface area contributed by atoms with Gasteiger partial charge in [-0.2, -0.15) is 0 Å². The Hall–Kier alpha value is -3.09. The Morgan fingerprint density at radius 2 is 1.53 bits per heavy atom. The molecular weight excluding hydrogens is 438 g/mol. The molecule has 4 nitrogen and oxygen atoms in total. The monoisotopic (exact) mass is 461 g/mol. The van der Waals surface area contributed by atoms with Crippen LogP contribution in [0.2, 0.25) is 0 Å². The van der Waals surface area contributed by atoms with Crippen molar-refractivity contribution < 1.29 is 14.3 Å². The molecule has 32 heavy (non-hydrogen) atoms. The summed E-state index contributed by atoms with van der Waals surface area (Å²) in [5.41, 5.74) is 4.00. The van der Waals surface area contributed by atoms with Crippen molar-refractivity contribution >= 4 is 46.0 Å². The molecule has 0 aliphatic carbocycles. The van der Waals surface area contributed by atoms with Crippen molar-refractivity contribution in [1.29, 1.82) is 0 Å². The summed E-state index contributed by atoms with van der Waals surface area (Å²) < 4.78 is 11.9. The van der Waals surface area contributed by atoms with E-state index in [1.165, 1.54) is 17.3 Å². The van der Waals surface area contributed by atoms with Gasteiger partial charge in [-0.1, -0.05) is 65.9 Å². The van der Waals surface area contributed by atoms with E-state index < -0.39 is 0 Å². The maximum atomic E-state index is 13.0. The number of hydrogen-bond acceptors (Lipinski definition) is 5. The number of carbonyl (C=O) groups excluding carboxylic acids is 1. The van der Waals surface area contributed by atoms with Crippen LogP contribution in [0.25, 0.3) is 6.08 Å². The molecule has 6 heteroatoms. The zero-order valence-electron chi connectivity index (χ0n) is 17.9. The van der Waals surface area contributed by atoms with Crippen LogP contribution in [-0.4, -0.2) is 16.8 Å². The molecular formula is C26H23NO3S2. The SMILES string of the molecule is CCOc1ccc(N2C(=O)/C(=C/c3ccc(OCc4ccc(C)cc4)cc3)SC2=S)cc1. The number of thioether (sulfide) groups is 1. The van der Waals surface area contributed by atoms with Gasteiger partial charge in [0.25, 0.3) is 5.91 Å². The first-order valence-electron chi connectivity index (χ1n) is 10.3. The summed E-state index contributed by atoms with van der Waals surface area (Å²) in [6, 6.07) is 23.4. The van der Waals surface area contributed by atoms with Crippen molar-refractivity contribution in [1.82, 2.24) is 0 Å². The number of thiocarbonyl (C=S) groups is 1. The Kier molecular flexibility index (Phi) is 6.93. The lowest BCUT2D eigenvalue weighted by molar-refractivity contribution is -0.113. The summed E-state index contributed by atoms with van der Waals surface area (Å²) in [6.07, 6.45) is 1.86. The quantitative estimate of drug-likeness (QED) is 0.302. The third-order valence-corrected chi connectivity index (χ3v) is 6.21. The Morgan fingerprint density at radius 1 is 0.906 bits per heavy atom. The van der Waals surface area contributed by atoms with Crippen LogP contribution in [-0.2, 0) is 11.4 Å². The van der Waals surface area contributed by atoms with Gasteiger partial charge in [0.05, 0.1) is 17.2 Å². The third-order valence-electron chi connectivity index (χ3n) is 4.90. The third kappa shape index (κ3) is 5.21. The second kappa shape index (κ2) is 10.0. The van der Waals surface area contributed by atoms with Crippen molar-refractivity contribution in [3.8, 4) is 11.5 Å². The number of ether oxygens (including phenoxy) is 2. The maximum absolute atomic E-state index is 13.0. The van der Waals surface area contributed by atoms with Crippen LogP contribution in [0.1, 0.15) is 23.6 Å². The van der Waals surface area contributed by atoms with Crippen LogP contribution in [0, 0.1) is 6.92 Å². The molecule has 0 bridgehead atoms. The molecule has 1 aliphatic rings. The van der Waals surface area contributed by atoms with Crippen LogP contribution < -0.4 is 14.4 Å². The molecule has 1 heterocycles. The molecule has 1 saturated heterocycles. The molecule has 0 aromatic heterocycles. The highest BCUT2D eigenvalue weighted by Gasteiger charge is 2.33. The zero-order valence-corrected chi connectivity index (χ0v) is 19.5. The van der Waals surface area contributed by atoms with Gasteiger partial charge in [-0.25, -0.2) is 0 Å². The summed E-state index contributed by atoms with van der Waals surface area (Å²) in [6.45, 7) is 5.11. The lowest BCUT2D eigenvalue weighted by Crippen LogP contribution is -2.27. The Labute approximate surface area is 197 Å². The van der Waals surface area contributed by atoms with E-state index >= 15 is 0 Å². The molecule has 0 saturated carbocycles. The van der Waals surface area contributed by atoms with Crippen LogP contribution >= 0.6 is 24.0 Å². The van der Waals surface area contributed by atoms with E-state index in [4.69, 9.17) is 21.7 Å². The fourth-order valence-electron chi connectivity index (χ4n) is 3.21. The molecule has 1 aliphatic heterocycles. The van der Waals surface area contributed by atoms with Gasteiger partial charge in [-0.3, -0.25) is 9.69 Å². The zero-order chi connectivity index (χ0) is 22.5. The highest BCUT2D eigenvalue weighted by atomic mass is 32.2. The molecule has 0 N–H and O–H groups in total. The molecule has 162 valence electrons. The minimum absolute atomic E-state index is 0.121. The number of benzene rings is 3.